The molecule has 15 aromatic rings. The zero-order valence-electron chi connectivity index (χ0n) is 41.7. The van der Waals surface area contributed by atoms with Gasteiger partial charge in [-0.2, -0.15) is 0 Å². The molecule has 78 heavy (non-hydrogen) atoms. The maximum absolute atomic E-state index is 6.83. The number of aromatic nitrogens is 6. The number of nitrogens with zero attached hydrogens (tertiary/aromatic N) is 6. The predicted molar refractivity (Wildman–Crippen MR) is 317 cm³/mol. The fraction of sp³-hybridized carbons (Fsp3) is 0. The van der Waals surface area contributed by atoms with Gasteiger partial charge in [0.05, 0.1) is 44.5 Å². The lowest BCUT2D eigenvalue weighted by Gasteiger charge is -2.33. The summed E-state index contributed by atoms with van der Waals surface area (Å²) >= 11 is 0. The largest absolute Gasteiger partial charge is 0.458 e. The number of rotatable bonds is 6. The van der Waals surface area contributed by atoms with Crippen molar-refractivity contribution in [3.05, 3.63) is 249 Å². The molecule has 4 aromatic heterocycles. The molecule has 0 atom stereocenters. The van der Waals surface area contributed by atoms with Gasteiger partial charge < -0.3 is 23.2 Å². The van der Waals surface area contributed by atoms with Crippen LogP contribution in [-0.4, -0.2) is 35.4 Å². The second-order valence-corrected chi connectivity index (χ2v) is 20.2. The van der Waals surface area contributed by atoms with Crippen molar-refractivity contribution in [1.29, 1.82) is 0 Å². The summed E-state index contributed by atoms with van der Waals surface area (Å²) in [7, 11) is 0. The van der Waals surface area contributed by atoms with Gasteiger partial charge in [-0.3, -0.25) is 0 Å². The lowest BCUT2D eigenvalue weighted by Crippen LogP contribution is -2.57. The lowest BCUT2D eigenvalue weighted by atomic mass is 9.35. The lowest BCUT2D eigenvalue weighted by molar-refractivity contribution is 0.464. The van der Waals surface area contributed by atoms with Gasteiger partial charge in [0.15, 0.2) is 17.5 Å². The minimum Gasteiger partial charge on any atom is -0.458 e. The van der Waals surface area contributed by atoms with Crippen molar-refractivity contribution in [3.63, 3.8) is 0 Å². The van der Waals surface area contributed by atoms with Gasteiger partial charge in [0, 0.05) is 72.3 Å². The second kappa shape index (κ2) is 16.5. The number of benzene rings is 11. The summed E-state index contributed by atoms with van der Waals surface area (Å²) in [5, 5.41) is 7.03. The van der Waals surface area contributed by atoms with Gasteiger partial charge in [0.25, 0.3) is 6.71 Å². The van der Waals surface area contributed by atoms with Crippen LogP contribution in [-0.2, 0) is 0 Å². The molecule has 0 N–H and O–H groups in total. The van der Waals surface area contributed by atoms with Crippen LogP contribution >= 0.6 is 0 Å². The number of hydrogen-bond acceptors (Lipinski definition) is 5. The predicted octanol–water partition coefficient (Wildman–Crippen LogP) is 14.9. The fourth-order valence-corrected chi connectivity index (χ4v) is 12.7. The SMILES string of the molecule is c1ccc(-c2nc(-c3cccc(-n4c5ccccc5c5ccccc54)c3)nc(-c3ccccc3-n3c4ccccc4c4c5c6ccccc6n(-c6cc7c8c(c6)Oc6ccccc6B8c6ccccc6O7)c5ccc43)n2)cc1. The van der Waals surface area contributed by atoms with E-state index in [0.717, 1.165) is 128 Å². The van der Waals surface area contributed by atoms with E-state index in [2.05, 4.69) is 232 Å². The van der Waals surface area contributed by atoms with Crippen molar-refractivity contribution in [1.82, 2.24) is 28.7 Å². The standard InChI is InChI=1S/C69H41BN6O2/c1-2-19-42(20-3-1)67-71-68(43-21-18-22-44(39-43)74-53-30-11-4-23-46(53)47-24-5-12-31-54(47)74)73-69(72-67)50-27-8-15-34-57(50)76-56-33-14-7-26-49(56)65-59(76)38-37-58-64(65)48-25-6-13-32-55(48)75(58)45-40-62-66-63(41-45)78-61-36-17-10-29-52(61)70(66)51-28-9-16-35-60(51)77-62/h1-41H. The molecule has 0 saturated carbocycles. The van der Waals surface area contributed by atoms with Crippen LogP contribution in [0.25, 0.3) is 117 Å². The second-order valence-electron chi connectivity index (χ2n) is 20.2. The molecule has 9 heteroatoms. The fourth-order valence-electron chi connectivity index (χ4n) is 12.7. The average Bonchev–Trinajstić information content (AvgIpc) is 4.33. The highest BCUT2D eigenvalue weighted by atomic mass is 16.5. The molecule has 0 bridgehead atoms. The summed E-state index contributed by atoms with van der Waals surface area (Å²) in [5.74, 6) is 5.09. The first-order valence-electron chi connectivity index (χ1n) is 26.4. The van der Waals surface area contributed by atoms with Crippen LogP contribution in [0.15, 0.2) is 249 Å². The third-order valence-electron chi connectivity index (χ3n) is 16.0. The molecule has 0 amide bonds. The summed E-state index contributed by atoms with van der Waals surface area (Å²) in [6, 6.07) is 87.6. The molecule has 2 aliphatic rings. The molecule has 362 valence electrons. The summed E-state index contributed by atoms with van der Waals surface area (Å²) in [5.41, 5.74) is 15.5. The number of fused-ring (bicyclic) bond motifs is 14. The Balaban J connectivity index is 0.862. The van der Waals surface area contributed by atoms with Crippen LogP contribution in [0.4, 0.5) is 0 Å². The minimum absolute atomic E-state index is 0.0108. The van der Waals surface area contributed by atoms with Crippen LogP contribution in [0.3, 0.4) is 0 Å². The Hall–Kier alpha value is -10.5. The van der Waals surface area contributed by atoms with E-state index >= 15 is 0 Å². The number of ether oxygens (including phenoxy) is 2. The molecular formula is C69H41BN6O2. The van der Waals surface area contributed by atoms with E-state index in [1.807, 2.05) is 30.3 Å². The first-order chi connectivity index (χ1) is 38.7. The smallest absolute Gasteiger partial charge is 0.260 e. The van der Waals surface area contributed by atoms with Gasteiger partial charge in [-0.05, 0) is 83.7 Å². The highest BCUT2D eigenvalue weighted by molar-refractivity contribution is 6.98. The molecule has 2 aliphatic heterocycles. The Bertz CT molecular complexity index is 4890. The van der Waals surface area contributed by atoms with Crippen LogP contribution < -0.4 is 25.9 Å². The third kappa shape index (κ3) is 6.21. The van der Waals surface area contributed by atoms with E-state index in [4.69, 9.17) is 24.4 Å². The topological polar surface area (TPSA) is 71.9 Å². The molecule has 6 heterocycles. The average molecular weight is 997 g/mol. The zero-order valence-corrected chi connectivity index (χ0v) is 41.7. The molecule has 11 aromatic carbocycles. The maximum atomic E-state index is 6.83. The molecule has 0 unspecified atom stereocenters. The van der Waals surface area contributed by atoms with E-state index in [0.29, 0.717) is 17.5 Å². The van der Waals surface area contributed by atoms with Crippen molar-refractivity contribution < 1.29 is 9.47 Å². The van der Waals surface area contributed by atoms with Crippen molar-refractivity contribution in [2.75, 3.05) is 0 Å². The summed E-state index contributed by atoms with van der Waals surface area (Å²) < 4.78 is 20.8. The van der Waals surface area contributed by atoms with E-state index < -0.39 is 0 Å². The van der Waals surface area contributed by atoms with E-state index in [1.165, 1.54) is 10.8 Å². The molecule has 0 fully saturated rings. The summed E-state index contributed by atoms with van der Waals surface area (Å²) in [4.78, 5) is 16.0. The molecular weight excluding hydrogens is 956 g/mol. The number of para-hydroxylation sites is 7. The van der Waals surface area contributed by atoms with Gasteiger partial charge in [0.1, 0.15) is 23.0 Å². The first kappa shape index (κ1) is 42.8. The molecule has 0 spiro atoms. The van der Waals surface area contributed by atoms with Gasteiger partial charge in [-0.1, -0.05) is 164 Å². The third-order valence-corrected chi connectivity index (χ3v) is 16.0. The van der Waals surface area contributed by atoms with Gasteiger partial charge in [0.2, 0.25) is 0 Å². The Morgan fingerprint density at radius 2 is 0.769 bits per heavy atom. The van der Waals surface area contributed by atoms with Crippen molar-refractivity contribution in [2.24, 2.45) is 0 Å². The Morgan fingerprint density at radius 1 is 0.308 bits per heavy atom. The van der Waals surface area contributed by atoms with Crippen molar-refractivity contribution >= 4 is 88.5 Å². The van der Waals surface area contributed by atoms with Gasteiger partial charge in [-0.15, -0.1) is 0 Å². The molecule has 8 nitrogen and oxygen atoms in total. The quantitative estimate of drug-likeness (QED) is 0.155. The molecule has 0 saturated heterocycles. The maximum Gasteiger partial charge on any atom is 0.260 e. The summed E-state index contributed by atoms with van der Waals surface area (Å²) in [6.45, 7) is -0.0108. The normalized spacial score (nSPS) is 12.5. The highest BCUT2D eigenvalue weighted by Crippen LogP contribution is 2.45. The van der Waals surface area contributed by atoms with Crippen LogP contribution in [0.2, 0.25) is 0 Å². The first-order valence-corrected chi connectivity index (χ1v) is 26.4. The number of hydrogen-bond donors (Lipinski definition) is 0. The van der Waals surface area contributed by atoms with Gasteiger partial charge >= 0.3 is 0 Å². The Kier molecular flexibility index (Phi) is 9.05. The van der Waals surface area contributed by atoms with E-state index in [1.54, 1.807) is 0 Å². The Labute approximate surface area is 447 Å². The molecule has 0 radical (unpaired) electrons. The van der Waals surface area contributed by atoms with E-state index in [-0.39, 0.29) is 6.71 Å². The van der Waals surface area contributed by atoms with Crippen molar-refractivity contribution in [3.8, 4) is 74.2 Å². The molecule has 17 rings (SSSR count). The van der Waals surface area contributed by atoms with Crippen LogP contribution in [0, 0.1) is 0 Å². The Morgan fingerprint density at radius 3 is 1.41 bits per heavy atom. The van der Waals surface area contributed by atoms with Crippen molar-refractivity contribution in [2.45, 2.75) is 0 Å². The van der Waals surface area contributed by atoms with Crippen LogP contribution in [0.5, 0.6) is 23.0 Å². The van der Waals surface area contributed by atoms with E-state index in [9.17, 15) is 0 Å². The minimum atomic E-state index is -0.0108. The molecule has 0 aliphatic carbocycles. The zero-order chi connectivity index (χ0) is 51.0. The highest BCUT2D eigenvalue weighted by Gasteiger charge is 2.40. The summed E-state index contributed by atoms with van der Waals surface area (Å²) in [6.07, 6.45) is 0. The monoisotopic (exact) mass is 996 g/mol. The van der Waals surface area contributed by atoms with Crippen LogP contribution in [0.1, 0.15) is 0 Å². The van der Waals surface area contributed by atoms with Gasteiger partial charge in [-0.25, -0.2) is 15.0 Å².